The van der Waals surface area contributed by atoms with Crippen LogP contribution in [0, 0.1) is 0 Å². The molecule has 0 aliphatic rings. The highest BCUT2D eigenvalue weighted by molar-refractivity contribution is 6.30. The fraction of sp³-hybridized carbons (Fsp3) is 0.278. The molecule has 0 aromatic heterocycles. The number of hydrogen-bond donors (Lipinski definition) is 2. The molecule has 0 heterocycles. The Morgan fingerprint density at radius 2 is 1.80 bits per heavy atom. The Kier molecular flexibility index (Phi) is 5.95. The van der Waals surface area contributed by atoms with Gasteiger partial charge in [0.2, 0.25) is 5.91 Å². The summed E-state index contributed by atoms with van der Waals surface area (Å²) in [5, 5.41) is 5.22. The number of alkyl halides is 3. The Morgan fingerprint density at radius 1 is 1.16 bits per heavy atom. The quantitative estimate of drug-likeness (QED) is 0.743. The highest BCUT2D eigenvalue weighted by Crippen LogP contribution is 2.36. The third kappa shape index (κ3) is 5.13. The van der Waals surface area contributed by atoms with Crippen molar-refractivity contribution >= 4 is 28.9 Å². The zero-order valence-electron chi connectivity index (χ0n) is 13.7. The number of carbonyl (C=O) groups excluding carboxylic acids is 1. The second-order valence-electron chi connectivity index (χ2n) is 5.59. The molecule has 1 atom stereocenters. The summed E-state index contributed by atoms with van der Waals surface area (Å²) in [7, 11) is 0. The molecular weight excluding hydrogens is 353 g/mol. The minimum atomic E-state index is -4.61. The predicted molar refractivity (Wildman–Crippen MR) is 94.0 cm³/mol. The fourth-order valence-electron chi connectivity index (χ4n) is 2.25. The van der Waals surface area contributed by atoms with Gasteiger partial charge in [-0.1, -0.05) is 30.7 Å². The van der Waals surface area contributed by atoms with E-state index in [-0.39, 0.29) is 10.7 Å². The van der Waals surface area contributed by atoms with Crippen molar-refractivity contribution in [1.82, 2.24) is 0 Å². The van der Waals surface area contributed by atoms with Gasteiger partial charge in [-0.3, -0.25) is 4.79 Å². The summed E-state index contributed by atoms with van der Waals surface area (Å²) in [6.07, 6.45) is -3.72. The number of carbonyl (C=O) groups is 1. The average Bonchev–Trinajstić information content (AvgIpc) is 2.56. The minimum Gasteiger partial charge on any atom is -0.374 e. The van der Waals surface area contributed by atoms with Crippen LogP contribution in [0.4, 0.5) is 24.5 Å². The molecule has 25 heavy (non-hydrogen) atoms. The molecule has 1 amide bonds. The van der Waals surface area contributed by atoms with Crippen LogP contribution in [0.2, 0.25) is 5.02 Å². The van der Waals surface area contributed by atoms with Gasteiger partial charge in [0.05, 0.1) is 11.3 Å². The molecule has 2 rings (SSSR count). The van der Waals surface area contributed by atoms with E-state index in [1.807, 2.05) is 31.2 Å². The molecular formula is C18H18ClF3N2O. The van der Waals surface area contributed by atoms with Crippen molar-refractivity contribution < 1.29 is 18.0 Å². The third-order valence-corrected chi connectivity index (χ3v) is 3.92. The van der Waals surface area contributed by atoms with E-state index in [1.165, 1.54) is 6.07 Å². The van der Waals surface area contributed by atoms with Crippen molar-refractivity contribution in [2.45, 2.75) is 32.5 Å². The molecule has 0 aliphatic heterocycles. The minimum absolute atomic E-state index is 0.0486. The number of hydrogen-bond acceptors (Lipinski definition) is 2. The first kappa shape index (κ1) is 19.1. The fourth-order valence-corrected chi connectivity index (χ4v) is 2.43. The van der Waals surface area contributed by atoms with Gasteiger partial charge in [-0.15, -0.1) is 0 Å². The standard InChI is InChI=1S/C18H18ClF3N2O/c1-3-12-4-7-14(8-5-12)23-11(2)17(25)24-16-9-6-13(19)10-15(16)18(20,21)22/h4-11,23H,3H2,1-2H3,(H,24,25). The van der Waals surface area contributed by atoms with Crippen molar-refractivity contribution in [2.75, 3.05) is 10.6 Å². The molecule has 0 saturated heterocycles. The number of amides is 1. The van der Waals surface area contributed by atoms with E-state index < -0.39 is 23.7 Å². The molecule has 3 nitrogen and oxygen atoms in total. The molecule has 0 bridgehead atoms. The van der Waals surface area contributed by atoms with Crippen LogP contribution >= 0.6 is 11.6 Å². The van der Waals surface area contributed by atoms with Crippen molar-refractivity contribution in [3.63, 3.8) is 0 Å². The van der Waals surface area contributed by atoms with Gasteiger partial charge in [0.1, 0.15) is 6.04 Å². The summed E-state index contributed by atoms with van der Waals surface area (Å²) in [6, 6.07) is 10.0. The first-order valence-corrected chi connectivity index (χ1v) is 8.11. The van der Waals surface area contributed by atoms with E-state index in [0.717, 1.165) is 24.1 Å². The Hall–Kier alpha value is -2.21. The maximum absolute atomic E-state index is 13.1. The van der Waals surface area contributed by atoms with E-state index in [1.54, 1.807) is 6.92 Å². The zero-order chi connectivity index (χ0) is 18.6. The Morgan fingerprint density at radius 3 is 2.36 bits per heavy atom. The van der Waals surface area contributed by atoms with E-state index in [4.69, 9.17) is 11.6 Å². The summed E-state index contributed by atoms with van der Waals surface area (Å²) in [4.78, 5) is 12.2. The molecule has 0 fully saturated rings. The smallest absolute Gasteiger partial charge is 0.374 e. The van der Waals surface area contributed by atoms with Gasteiger partial charge >= 0.3 is 6.18 Å². The second kappa shape index (κ2) is 7.78. The average molecular weight is 371 g/mol. The van der Waals surface area contributed by atoms with Gasteiger partial charge in [-0.25, -0.2) is 0 Å². The highest BCUT2D eigenvalue weighted by atomic mass is 35.5. The maximum atomic E-state index is 13.1. The molecule has 134 valence electrons. The Labute approximate surface area is 149 Å². The van der Waals surface area contributed by atoms with E-state index in [0.29, 0.717) is 5.69 Å². The third-order valence-electron chi connectivity index (χ3n) is 3.68. The lowest BCUT2D eigenvalue weighted by Gasteiger charge is -2.18. The normalized spacial score (nSPS) is 12.6. The van der Waals surface area contributed by atoms with Gasteiger partial charge in [0.15, 0.2) is 0 Å². The zero-order valence-corrected chi connectivity index (χ0v) is 14.5. The molecule has 2 N–H and O–H groups in total. The first-order chi connectivity index (χ1) is 11.7. The molecule has 1 unspecified atom stereocenters. The summed E-state index contributed by atoms with van der Waals surface area (Å²) in [5.41, 5.74) is 0.565. The van der Waals surface area contributed by atoms with Crippen molar-refractivity contribution in [3.8, 4) is 0 Å². The predicted octanol–water partition coefficient (Wildman–Crippen LogP) is 5.36. The SMILES string of the molecule is CCc1ccc(NC(C)C(=O)Nc2ccc(Cl)cc2C(F)(F)F)cc1. The highest BCUT2D eigenvalue weighted by Gasteiger charge is 2.34. The molecule has 2 aromatic rings. The van der Waals surface area contributed by atoms with Crippen LogP contribution < -0.4 is 10.6 Å². The monoisotopic (exact) mass is 370 g/mol. The lowest BCUT2D eigenvalue weighted by molar-refractivity contribution is -0.137. The van der Waals surface area contributed by atoms with Gasteiger partial charge in [-0.05, 0) is 49.2 Å². The largest absolute Gasteiger partial charge is 0.418 e. The molecule has 0 aliphatic carbocycles. The topological polar surface area (TPSA) is 41.1 Å². The van der Waals surface area contributed by atoms with Gasteiger partial charge < -0.3 is 10.6 Å². The van der Waals surface area contributed by atoms with E-state index in [9.17, 15) is 18.0 Å². The van der Waals surface area contributed by atoms with Crippen LogP contribution in [-0.2, 0) is 17.4 Å². The van der Waals surface area contributed by atoms with Crippen LogP contribution in [0.15, 0.2) is 42.5 Å². The van der Waals surface area contributed by atoms with Crippen molar-refractivity contribution in [2.24, 2.45) is 0 Å². The number of nitrogens with one attached hydrogen (secondary N) is 2. The molecule has 0 radical (unpaired) electrons. The van der Waals surface area contributed by atoms with Crippen molar-refractivity contribution in [3.05, 3.63) is 58.6 Å². The molecule has 0 saturated carbocycles. The number of aryl methyl sites for hydroxylation is 1. The van der Waals surface area contributed by atoms with Crippen LogP contribution in [0.25, 0.3) is 0 Å². The van der Waals surface area contributed by atoms with Crippen LogP contribution in [0.3, 0.4) is 0 Å². The first-order valence-electron chi connectivity index (χ1n) is 7.73. The Bertz CT molecular complexity index is 745. The van der Waals surface area contributed by atoms with Crippen LogP contribution in [0.5, 0.6) is 0 Å². The lowest BCUT2D eigenvalue weighted by atomic mass is 10.1. The number of rotatable bonds is 5. The summed E-state index contributed by atoms with van der Waals surface area (Å²) >= 11 is 5.63. The maximum Gasteiger partial charge on any atom is 0.418 e. The van der Waals surface area contributed by atoms with E-state index in [2.05, 4.69) is 10.6 Å². The summed E-state index contributed by atoms with van der Waals surface area (Å²) < 4.78 is 39.2. The number of benzene rings is 2. The Balaban J connectivity index is 2.10. The van der Waals surface area contributed by atoms with Crippen LogP contribution in [0.1, 0.15) is 25.0 Å². The molecule has 0 spiro atoms. The molecule has 7 heteroatoms. The lowest BCUT2D eigenvalue weighted by Crippen LogP contribution is -2.32. The van der Waals surface area contributed by atoms with Crippen molar-refractivity contribution in [1.29, 1.82) is 0 Å². The van der Waals surface area contributed by atoms with Gasteiger partial charge in [-0.2, -0.15) is 13.2 Å². The van der Waals surface area contributed by atoms with E-state index >= 15 is 0 Å². The second-order valence-corrected chi connectivity index (χ2v) is 6.03. The number of anilines is 2. The van der Waals surface area contributed by atoms with Gasteiger partial charge in [0.25, 0.3) is 0 Å². The summed E-state index contributed by atoms with van der Waals surface area (Å²) in [5.74, 6) is -0.576. The molecule has 2 aromatic carbocycles. The number of halogens is 4. The van der Waals surface area contributed by atoms with Crippen LogP contribution in [-0.4, -0.2) is 11.9 Å². The van der Waals surface area contributed by atoms with Gasteiger partial charge in [0, 0.05) is 10.7 Å². The summed E-state index contributed by atoms with van der Waals surface area (Å²) in [6.45, 7) is 3.61.